The molecule has 2 aromatic rings. The zero-order chi connectivity index (χ0) is 21.1. The van der Waals surface area contributed by atoms with E-state index in [0.29, 0.717) is 22.0 Å². The monoisotopic (exact) mass is 492 g/mol. The highest BCUT2D eigenvalue weighted by Crippen LogP contribution is 2.31. The quantitative estimate of drug-likeness (QED) is 0.357. The highest BCUT2D eigenvalue weighted by atomic mass is 79.9. The summed E-state index contributed by atoms with van der Waals surface area (Å²) in [4.78, 5) is 26.7. The molecule has 5 nitrogen and oxygen atoms in total. The first-order chi connectivity index (χ1) is 13.8. The van der Waals surface area contributed by atoms with E-state index in [1.165, 1.54) is 11.0 Å². The van der Waals surface area contributed by atoms with Crippen LogP contribution in [0.4, 0.5) is 5.69 Å². The predicted molar refractivity (Wildman–Crippen MR) is 122 cm³/mol. The second-order valence-electron chi connectivity index (χ2n) is 6.44. The lowest BCUT2D eigenvalue weighted by atomic mass is 10.1. The molecule has 150 valence electrons. The highest BCUT2D eigenvalue weighted by Gasteiger charge is 2.35. The Morgan fingerprint density at radius 2 is 2.00 bits per heavy atom. The molecule has 0 radical (unpaired) electrons. The van der Waals surface area contributed by atoms with Crippen LogP contribution in [-0.4, -0.2) is 23.0 Å². The Balaban J connectivity index is 1.95. The van der Waals surface area contributed by atoms with Crippen LogP contribution in [0.3, 0.4) is 0 Å². The molecule has 1 aliphatic heterocycles. The minimum Gasteiger partial charge on any atom is -0.490 e. The van der Waals surface area contributed by atoms with Gasteiger partial charge >= 0.3 is 0 Å². The minimum atomic E-state index is -0.556. The van der Waals surface area contributed by atoms with E-state index in [9.17, 15) is 9.59 Å². The summed E-state index contributed by atoms with van der Waals surface area (Å²) < 4.78 is 6.56. The predicted octanol–water partition coefficient (Wildman–Crippen LogP) is 5.11. The standard InChI is InChI=1S/C21H18BrClN2O3S/c1-3-12(2)28-18-9-8-13(11-15(18)22)10-14-19(26)24-21(29)25(20(14)27)17-7-5-4-6-16(17)23/h4-12H,3H2,1-2H3,(H,24,26,29)/b14-10+/t12-/m1/s1. The number of amides is 2. The zero-order valence-electron chi connectivity index (χ0n) is 15.7. The van der Waals surface area contributed by atoms with Gasteiger partial charge in [0.1, 0.15) is 11.3 Å². The van der Waals surface area contributed by atoms with Gasteiger partial charge in [-0.1, -0.05) is 36.7 Å². The van der Waals surface area contributed by atoms with E-state index < -0.39 is 11.8 Å². The average molecular weight is 494 g/mol. The Kier molecular flexibility index (Phi) is 6.72. The first-order valence-electron chi connectivity index (χ1n) is 8.94. The van der Waals surface area contributed by atoms with Crippen LogP contribution in [0.5, 0.6) is 5.75 Å². The van der Waals surface area contributed by atoms with Gasteiger partial charge in [0.05, 0.1) is 21.3 Å². The summed E-state index contributed by atoms with van der Waals surface area (Å²) in [5.41, 5.74) is 1.04. The summed E-state index contributed by atoms with van der Waals surface area (Å²) in [5, 5.41) is 2.89. The number of nitrogens with one attached hydrogen (secondary N) is 1. The molecule has 0 unspecified atom stereocenters. The fourth-order valence-electron chi connectivity index (χ4n) is 2.68. The fraction of sp³-hybridized carbons (Fsp3) is 0.190. The van der Waals surface area contributed by atoms with Crippen molar-refractivity contribution in [2.75, 3.05) is 4.90 Å². The molecule has 3 rings (SSSR count). The van der Waals surface area contributed by atoms with Crippen LogP contribution in [0.15, 0.2) is 52.5 Å². The van der Waals surface area contributed by atoms with Crippen molar-refractivity contribution in [3.8, 4) is 5.75 Å². The van der Waals surface area contributed by atoms with E-state index in [-0.39, 0.29) is 16.8 Å². The van der Waals surface area contributed by atoms with Crippen LogP contribution >= 0.6 is 39.7 Å². The average Bonchev–Trinajstić information content (AvgIpc) is 2.68. The molecule has 0 saturated carbocycles. The third kappa shape index (κ3) is 4.69. The second-order valence-corrected chi connectivity index (χ2v) is 8.08. The molecule has 2 aromatic carbocycles. The minimum absolute atomic E-state index is 0.0104. The number of halogens is 2. The van der Waals surface area contributed by atoms with Gasteiger partial charge in [0, 0.05) is 0 Å². The summed E-state index contributed by atoms with van der Waals surface area (Å²) in [5.74, 6) is -0.401. The van der Waals surface area contributed by atoms with Crippen molar-refractivity contribution in [3.63, 3.8) is 0 Å². The molecule has 1 atom stereocenters. The Bertz CT molecular complexity index is 1020. The maximum atomic E-state index is 13.1. The number of benzene rings is 2. The van der Waals surface area contributed by atoms with Crippen LogP contribution in [0.1, 0.15) is 25.8 Å². The number of thiocarbonyl (C=S) groups is 1. The van der Waals surface area contributed by atoms with Crippen molar-refractivity contribution >= 4 is 68.4 Å². The van der Waals surface area contributed by atoms with E-state index in [0.717, 1.165) is 10.9 Å². The Morgan fingerprint density at radius 3 is 2.66 bits per heavy atom. The summed E-state index contributed by atoms with van der Waals surface area (Å²) in [6.07, 6.45) is 2.47. The van der Waals surface area contributed by atoms with Crippen molar-refractivity contribution in [2.24, 2.45) is 0 Å². The summed E-state index contributed by atoms with van der Waals surface area (Å²) in [6, 6.07) is 12.2. The van der Waals surface area contributed by atoms with E-state index in [1.807, 2.05) is 13.8 Å². The second kappa shape index (κ2) is 9.07. The summed E-state index contributed by atoms with van der Waals surface area (Å²) in [7, 11) is 0. The largest absolute Gasteiger partial charge is 0.490 e. The molecule has 1 saturated heterocycles. The maximum absolute atomic E-state index is 13.1. The van der Waals surface area contributed by atoms with Gasteiger partial charge in [-0.3, -0.25) is 19.8 Å². The number of carbonyl (C=O) groups is 2. The molecule has 2 amide bonds. The normalized spacial score (nSPS) is 16.8. The maximum Gasteiger partial charge on any atom is 0.270 e. The van der Waals surface area contributed by atoms with Gasteiger partial charge in [0.15, 0.2) is 5.11 Å². The van der Waals surface area contributed by atoms with Crippen LogP contribution in [0, 0.1) is 0 Å². The molecule has 1 heterocycles. The molecule has 0 bridgehead atoms. The van der Waals surface area contributed by atoms with Gasteiger partial charge in [-0.2, -0.15) is 0 Å². The first kappa shape index (κ1) is 21.5. The Hall–Kier alpha value is -2.22. The molecule has 1 fully saturated rings. The van der Waals surface area contributed by atoms with Crippen molar-refractivity contribution in [2.45, 2.75) is 26.4 Å². The molecular formula is C21H18BrClN2O3S. The Labute approximate surface area is 187 Å². The van der Waals surface area contributed by atoms with Crippen LogP contribution in [0.2, 0.25) is 5.02 Å². The van der Waals surface area contributed by atoms with Gasteiger partial charge in [0.25, 0.3) is 11.8 Å². The van der Waals surface area contributed by atoms with Crippen molar-refractivity contribution in [1.29, 1.82) is 0 Å². The molecular weight excluding hydrogens is 476 g/mol. The molecule has 1 aliphatic rings. The van der Waals surface area contributed by atoms with Gasteiger partial charge in [-0.25, -0.2) is 0 Å². The lowest BCUT2D eigenvalue weighted by Gasteiger charge is -2.29. The SMILES string of the molecule is CC[C@@H](C)Oc1ccc(/C=C2\C(=O)NC(=S)N(c3ccccc3Cl)C2=O)cc1Br. The Morgan fingerprint density at radius 1 is 1.28 bits per heavy atom. The number of ether oxygens (including phenoxy) is 1. The summed E-state index contributed by atoms with van der Waals surface area (Å²) >= 11 is 14.9. The number of anilines is 1. The van der Waals surface area contributed by atoms with E-state index in [1.54, 1.807) is 42.5 Å². The number of rotatable bonds is 5. The van der Waals surface area contributed by atoms with Gasteiger partial charge in [-0.15, -0.1) is 0 Å². The van der Waals surface area contributed by atoms with Crippen molar-refractivity contribution in [1.82, 2.24) is 5.32 Å². The van der Waals surface area contributed by atoms with E-state index in [4.69, 9.17) is 28.6 Å². The third-order valence-corrected chi connectivity index (χ3v) is 5.59. The smallest absolute Gasteiger partial charge is 0.270 e. The topological polar surface area (TPSA) is 58.6 Å². The van der Waals surface area contributed by atoms with Gasteiger partial charge < -0.3 is 4.74 Å². The van der Waals surface area contributed by atoms with Crippen LogP contribution in [-0.2, 0) is 9.59 Å². The summed E-state index contributed by atoms with van der Waals surface area (Å²) in [6.45, 7) is 4.03. The molecule has 8 heteroatoms. The van der Waals surface area contributed by atoms with Gasteiger partial charge in [-0.05, 0) is 77.4 Å². The fourth-order valence-corrected chi connectivity index (χ4v) is 3.66. The van der Waals surface area contributed by atoms with E-state index >= 15 is 0 Å². The molecule has 0 spiro atoms. The third-order valence-electron chi connectivity index (χ3n) is 4.37. The highest BCUT2D eigenvalue weighted by molar-refractivity contribution is 9.10. The van der Waals surface area contributed by atoms with Crippen LogP contribution < -0.4 is 15.0 Å². The number of hydrogen-bond donors (Lipinski definition) is 1. The zero-order valence-corrected chi connectivity index (χ0v) is 18.9. The molecule has 0 aliphatic carbocycles. The lowest BCUT2D eigenvalue weighted by Crippen LogP contribution is -2.54. The first-order valence-corrected chi connectivity index (χ1v) is 10.5. The number of para-hydroxylation sites is 1. The number of hydrogen-bond acceptors (Lipinski definition) is 4. The van der Waals surface area contributed by atoms with E-state index in [2.05, 4.69) is 21.2 Å². The molecule has 29 heavy (non-hydrogen) atoms. The van der Waals surface area contributed by atoms with Crippen molar-refractivity contribution in [3.05, 3.63) is 63.1 Å². The lowest BCUT2D eigenvalue weighted by molar-refractivity contribution is -0.122. The molecule has 1 N–H and O–H groups in total. The number of nitrogens with zero attached hydrogens (tertiary/aromatic N) is 1. The number of carbonyl (C=O) groups excluding carboxylic acids is 2. The van der Waals surface area contributed by atoms with Crippen molar-refractivity contribution < 1.29 is 14.3 Å². The van der Waals surface area contributed by atoms with Gasteiger partial charge in [0.2, 0.25) is 0 Å². The molecule has 0 aromatic heterocycles. The van der Waals surface area contributed by atoms with Crippen LogP contribution in [0.25, 0.3) is 6.08 Å².